The highest BCUT2D eigenvalue weighted by Gasteiger charge is 2.22. The Hall–Kier alpha value is -1.34. The first-order valence-electron chi connectivity index (χ1n) is 6.12. The third-order valence-corrected chi connectivity index (χ3v) is 3.63. The number of hydrogen-bond acceptors (Lipinski definition) is 6. The van der Waals surface area contributed by atoms with Gasteiger partial charge < -0.3 is 21.3 Å². The molecule has 0 radical (unpaired) electrons. The van der Waals surface area contributed by atoms with Gasteiger partial charge in [-0.15, -0.1) is 0 Å². The van der Waals surface area contributed by atoms with Crippen molar-refractivity contribution in [2.75, 3.05) is 45.3 Å². The first kappa shape index (κ1) is 15.7. The predicted molar refractivity (Wildman–Crippen MR) is 80.7 cm³/mol. The lowest BCUT2D eigenvalue weighted by molar-refractivity contribution is 0.0934. The van der Waals surface area contributed by atoms with Crippen LogP contribution in [0.4, 0.5) is 10.9 Å². The van der Waals surface area contributed by atoms with E-state index in [9.17, 15) is 4.79 Å². The molecule has 0 saturated carbocycles. The largest absolute Gasteiger partial charge is 0.382 e. The van der Waals surface area contributed by atoms with Gasteiger partial charge in [-0.3, -0.25) is 4.79 Å². The van der Waals surface area contributed by atoms with E-state index in [1.54, 1.807) is 7.05 Å². The minimum Gasteiger partial charge on any atom is -0.382 e. The number of thiazole rings is 1. The molecule has 0 saturated heterocycles. The Morgan fingerprint density at radius 1 is 1.47 bits per heavy atom. The zero-order valence-electron chi connectivity index (χ0n) is 12.2. The van der Waals surface area contributed by atoms with Crippen molar-refractivity contribution in [1.29, 1.82) is 0 Å². The molecule has 0 bridgehead atoms. The highest BCUT2D eigenvalue weighted by Crippen LogP contribution is 2.24. The van der Waals surface area contributed by atoms with Gasteiger partial charge in [0, 0.05) is 20.1 Å². The first-order chi connectivity index (χ1) is 8.75. The van der Waals surface area contributed by atoms with Crippen molar-refractivity contribution in [2.45, 2.75) is 13.8 Å². The number of hydrogen-bond donors (Lipinski definition) is 3. The van der Waals surface area contributed by atoms with Crippen molar-refractivity contribution in [3.8, 4) is 0 Å². The fourth-order valence-corrected chi connectivity index (χ4v) is 2.67. The summed E-state index contributed by atoms with van der Waals surface area (Å²) in [7, 11) is 5.79. The number of aromatic nitrogens is 1. The van der Waals surface area contributed by atoms with Gasteiger partial charge in [0.2, 0.25) is 0 Å². The van der Waals surface area contributed by atoms with Gasteiger partial charge in [0.15, 0.2) is 5.13 Å². The van der Waals surface area contributed by atoms with Gasteiger partial charge in [0.05, 0.1) is 0 Å². The summed E-state index contributed by atoms with van der Waals surface area (Å²) in [6.45, 7) is 5.72. The number of nitrogens with zero attached hydrogens (tertiary/aromatic N) is 2. The maximum absolute atomic E-state index is 12.1. The van der Waals surface area contributed by atoms with Gasteiger partial charge in [0.25, 0.3) is 5.91 Å². The predicted octanol–water partition coefficient (Wildman–Crippen LogP) is 1.08. The van der Waals surface area contributed by atoms with Crippen LogP contribution in [0.1, 0.15) is 23.5 Å². The molecule has 1 heterocycles. The van der Waals surface area contributed by atoms with Crippen molar-refractivity contribution in [2.24, 2.45) is 5.41 Å². The standard InChI is InChI=1S/C12H23N5OS/c1-12(2,7-17(4)5)6-15-10(18)8-9(13)16-11(14-3)19-8/h6-7,13H2,1-5H3,(H,14,16)(H,15,18). The first-order valence-corrected chi connectivity index (χ1v) is 6.94. The van der Waals surface area contributed by atoms with Crippen LogP contribution >= 0.6 is 11.3 Å². The SMILES string of the molecule is CNc1nc(N)c(C(=O)NCC(C)(C)CN(C)C)s1. The van der Waals surface area contributed by atoms with Gasteiger partial charge >= 0.3 is 0 Å². The maximum atomic E-state index is 12.1. The maximum Gasteiger partial charge on any atom is 0.265 e. The number of carbonyl (C=O) groups excluding carboxylic acids is 1. The van der Waals surface area contributed by atoms with E-state index < -0.39 is 0 Å². The molecule has 0 fully saturated rings. The zero-order chi connectivity index (χ0) is 14.6. The molecule has 0 atom stereocenters. The Balaban J connectivity index is 2.62. The molecule has 6 nitrogen and oxygen atoms in total. The molecule has 0 aliphatic rings. The number of anilines is 2. The van der Waals surface area contributed by atoms with E-state index >= 15 is 0 Å². The molecule has 0 aliphatic heterocycles. The van der Waals surface area contributed by atoms with E-state index in [1.165, 1.54) is 11.3 Å². The smallest absolute Gasteiger partial charge is 0.265 e. The van der Waals surface area contributed by atoms with Crippen LogP contribution in [-0.4, -0.2) is 50.0 Å². The zero-order valence-corrected chi connectivity index (χ0v) is 13.0. The van der Waals surface area contributed by atoms with Crippen molar-refractivity contribution < 1.29 is 4.79 Å². The van der Waals surface area contributed by atoms with Crippen molar-refractivity contribution in [3.63, 3.8) is 0 Å². The highest BCUT2D eigenvalue weighted by molar-refractivity contribution is 7.18. The van der Waals surface area contributed by atoms with E-state index in [1.807, 2.05) is 14.1 Å². The molecule has 108 valence electrons. The average molecular weight is 285 g/mol. The summed E-state index contributed by atoms with van der Waals surface area (Å²) < 4.78 is 0. The fourth-order valence-electron chi connectivity index (χ4n) is 1.91. The number of rotatable bonds is 6. The van der Waals surface area contributed by atoms with Crippen molar-refractivity contribution >= 4 is 28.2 Å². The lowest BCUT2D eigenvalue weighted by atomic mass is 9.93. The minimum absolute atomic E-state index is 0.00441. The molecule has 0 aromatic carbocycles. The van der Waals surface area contributed by atoms with Crippen LogP contribution in [0.5, 0.6) is 0 Å². The second-order valence-corrected chi connectivity index (χ2v) is 6.57. The quantitative estimate of drug-likeness (QED) is 0.728. The summed E-state index contributed by atoms with van der Waals surface area (Å²) in [5, 5.41) is 6.45. The summed E-state index contributed by atoms with van der Waals surface area (Å²) >= 11 is 1.26. The summed E-state index contributed by atoms with van der Waals surface area (Å²) in [6.07, 6.45) is 0. The Labute approximate surface area is 118 Å². The Morgan fingerprint density at radius 2 is 2.11 bits per heavy atom. The van der Waals surface area contributed by atoms with E-state index in [2.05, 4.69) is 34.4 Å². The van der Waals surface area contributed by atoms with E-state index in [-0.39, 0.29) is 17.1 Å². The van der Waals surface area contributed by atoms with Crippen LogP contribution in [0.3, 0.4) is 0 Å². The van der Waals surface area contributed by atoms with Crippen LogP contribution in [-0.2, 0) is 0 Å². The van der Waals surface area contributed by atoms with Gasteiger partial charge in [-0.2, -0.15) is 0 Å². The second kappa shape index (κ2) is 6.21. The lowest BCUT2D eigenvalue weighted by Crippen LogP contribution is -2.39. The van der Waals surface area contributed by atoms with Gasteiger partial charge in [-0.25, -0.2) is 4.98 Å². The molecule has 0 spiro atoms. The van der Waals surface area contributed by atoms with Crippen LogP contribution in [0.25, 0.3) is 0 Å². The number of amides is 1. The topological polar surface area (TPSA) is 83.3 Å². The fraction of sp³-hybridized carbons (Fsp3) is 0.667. The monoisotopic (exact) mass is 285 g/mol. The van der Waals surface area contributed by atoms with Crippen LogP contribution < -0.4 is 16.4 Å². The molecule has 0 aliphatic carbocycles. The van der Waals surface area contributed by atoms with Crippen molar-refractivity contribution in [3.05, 3.63) is 4.88 Å². The molecule has 0 unspecified atom stereocenters. The van der Waals surface area contributed by atoms with E-state index in [4.69, 9.17) is 5.73 Å². The third-order valence-electron chi connectivity index (χ3n) is 2.55. The molecular formula is C12H23N5OS. The Kier molecular flexibility index (Phi) is 5.13. The Bertz CT molecular complexity index is 441. The number of nitrogen functional groups attached to an aromatic ring is 1. The van der Waals surface area contributed by atoms with E-state index in [0.29, 0.717) is 16.6 Å². The molecule has 1 amide bonds. The molecule has 19 heavy (non-hydrogen) atoms. The van der Waals surface area contributed by atoms with Crippen LogP contribution in [0.15, 0.2) is 0 Å². The van der Waals surface area contributed by atoms with Crippen molar-refractivity contribution in [1.82, 2.24) is 15.2 Å². The molecule has 1 rings (SSSR count). The highest BCUT2D eigenvalue weighted by atomic mass is 32.1. The minimum atomic E-state index is -0.164. The van der Waals surface area contributed by atoms with E-state index in [0.717, 1.165) is 6.54 Å². The summed E-state index contributed by atoms with van der Waals surface area (Å²) in [4.78, 5) is 18.7. The molecule has 1 aromatic heterocycles. The summed E-state index contributed by atoms with van der Waals surface area (Å²) in [6, 6.07) is 0. The van der Waals surface area contributed by atoms with Crippen LogP contribution in [0, 0.1) is 5.41 Å². The normalized spacial score (nSPS) is 11.7. The number of nitrogens with two attached hydrogens (primary N) is 1. The second-order valence-electron chi connectivity index (χ2n) is 5.57. The third kappa shape index (κ3) is 4.68. The number of carbonyl (C=O) groups is 1. The molecule has 1 aromatic rings. The van der Waals surface area contributed by atoms with Gasteiger partial charge in [-0.05, 0) is 19.5 Å². The molecule has 4 N–H and O–H groups in total. The number of nitrogens with one attached hydrogen (secondary N) is 2. The average Bonchev–Trinajstić information content (AvgIpc) is 2.66. The summed E-state index contributed by atoms with van der Waals surface area (Å²) in [5.74, 6) is 0.112. The lowest BCUT2D eigenvalue weighted by Gasteiger charge is -2.28. The van der Waals surface area contributed by atoms with Crippen LogP contribution in [0.2, 0.25) is 0 Å². The molecule has 7 heteroatoms. The Morgan fingerprint density at radius 3 is 2.58 bits per heavy atom. The van der Waals surface area contributed by atoms with Gasteiger partial charge in [-0.1, -0.05) is 25.2 Å². The van der Waals surface area contributed by atoms with Gasteiger partial charge in [0.1, 0.15) is 10.7 Å². The molecular weight excluding hydrogens is 262 g/mol. The summed E-state index contributed by atoms with van der Waals surface area (Å²) in [5.41, 5.74) is 5.73.